The SMILES string of the molecule is Nc1ccc(S(=O)(=O)c2c(C#Cc3ccccc3)cc(N)cc2C#Cc2ccccc2)c(C#Cc2ccccc2)c1. The van der Waals surface area contributed by atoms with Gasteiger partial charge in [0.2, 0.25) is 9.84 Å². The van der Waals surface area contributed by atoms with Crippen molar-refractivity contribution in [2.75, 3.05) is 11.5 Å². The molecule has 0 radical (unpaired) electrons. The molecule has 0 spiro atoms. The van der Waals surface area contributed by atoms with Crippen molar-refractivity contribution >= 4 is 21.2 Å². The number of rotatable bonds is 2. The molecule has 0 saturated heterocycles. The van der Waals surface area contributed by atoms with Gasteiger partial charge in [-0.2, -0.15) is 0 Å². The molecule has 0 aliphatic heterocycles. The minimum Gasteiger partial charge on any atom is -0.399 e. The highest BCUT2D eigenvalue weighted by atomic mass is 32.2. The molecular formula is C36H24N2O2S. The van der Waals surface area contributed by atoms with Crippen LogP contribution in [-0.4, -0.2) is 8.42 Å². The van der Waals surface area contributed by atoms with Crippen LogP contribution < -0.4 is 11.5 Å². The van der Waals surface area contributed by atoms with Gasteiger partial charge in [0.1, 0.15) is 4.90 Å². The van der Waals surface area contributed by atoms with Crippen molar-refractivity contribution in [2.45, 2.75) is 9.79 Å². The van der Waals surface area contributed by atoms with Crippen molar-refractivity contribution in [1.82, 2.24) is 0 Å². The minimum atomic E-state index is -4.20. The Morgan fingerprint density at radius 1 is 0.439 bits per heavy atom. The molecule has 0 aromatic heterocycles. The molecule has 0 heterocycles. The molecule has 0 aliphatic rings. The third-order valence-electron chi connectivity index (χ3n) is 6.02. The average Bonchev–Trinajstić information content (AvgIpc) is 2.99. The zero-order chi connectivity index (χ0) is 28.7. The Bertz CT molecular complexity index is 1940. The number of nitrogens with two attached hydrogens (primary N) is 2. The van der Waals surface area contributed by atoms with Crippen LogP contribution in [0.1, 0.15) is 33.4 Å². The third-order valence-corrected chi connectivity index (χ3v) is 7.93. The molecule has 0 atom stereocenters. The summed E-state index contributed by atoms with van der Waals surface area (Å²) in [5.41, 5.74) is 16.0. The molecular weight excluding hydrogens is 524 g/mol. The number of sulfone groups is 1. The van der Waals surface area contributed by atoms with Crippen LogP contribution >= 0.6 is 0 Å². The second-order valence-corrected chi connectivity index (χ2v) is 10.9. The van der Waals surface area contributed by atoms with Crippen LogP contribution in [0.25, 0.3) is 0 Å². The lowest BCUT2D eigenvalue weighted by Crippen LogP contribution is -2.10. The third kappa shape index (κ3) is 6.49. The predicted molar refractivity (Wildman–Crippen MR) is 164 cm³/mol. The van der Waals surface area contributed by atoms with E-state index >= 15 is 0 Å². The molecule has 5 rings (SSSR count). The van der Waals surface area contributed by atoms with Crippen LogP contribution in [0.2, 0.25) is 0 Å². The van der Waals surface area contributed by atoms with Gasteiger partial charge in [0.25, 0.3) is 0 Å². The molecule has 0 bridgehead atoms. The Hall–Kier alpha value is -5.67. The normalized spacial score (nSPS) is 10.2. The van der Waals surface area contributed by atoms with Crippen LogP contribution in [0.4, 0.5) is 11.4 Å². The molecule has 0 saturated carbocycles. The summed E-state index contributed by atoms with van der Waals surface area (Å²) < 4.78 is 28.9. The Morgan fingerprint density at radius 3 is 1.27 bits per heavy atom. The van der Waals surface area contributed by atoms with Gasteiger partial charge in [-0.15, -0.1) is 0 Å². The summed E-state index contributed by atoms with van der Waals surface area (Å²) in [5.74, 6) is 18.2. The van der Waals surface area contributed by atoms with Crippen molar-refractivity contribution in [3.63, 3.8) is 0 Å². The van der Waals surface area contributed by atoms with Gasteiger partial charge in [-0.25, -0.2) is 8.42 Å². The van der Waals surface area contributed by atoms with Crippen molar-refractivity contribution < 1.29 is 8.42 Å². The maximum absolute atomic E-state index is 14.5. The van der Waals surface area contributed by atoms with Gasteiger partial charge in [-0.05, 0) is 66.7 Å². The Labute approximate surface area is 240 Å². The average molecular weight is 549 g/mol. The summed E-state index contributed by atoms with van der Waals surface area (Å²) in [6.45, 7) is 0. The van der Waals surface area contributed by atoms with E-state index in [9.17, 15) is 8.42 Å². The molecule has 5 heteroatoms. The molecule has 41 heavy (non-hydrogen) atoms. The van der Waals surface area contributed by atoms with Crippen molar-refractivity contribution in [3.8, 4) is 35.5 Å². The van der Waals surface area contributed by atoms with Gasteiger partial charge in [0, 0.05) is 44.8 Å². The fourth-order valence-electron chi connectivity index (χ4n) is 4.10. The van der Waals surface area contributed by atoms with E-state index in [2.05, 4.69) is 35.5 Å². The lowest BCUT2D eigenvalue weighted by Gasteiger charge is -2.13. The van der Waals surface area contributed by atoms with Crippen LogP contribution in [0.3, 0.4) is 0 Å². The van der Waals surface area contributed by atoms with E-state index < -0.39 is 9.84 Å². The molecule has 4 nitrogen and oxygen atoms in total. The minimum absolute atomic E-state index is 0.00502. The van der Waals surface area contributed by atoms with E-state index in [0.717, 1.165) is 16.7 Å². The fourth-order valence-corrected chi connectivity index (χ4v) is 5.76. The summed E-state index contributed by atoms with van der Waals surface area (Å²) in [7, 11) is -4.20. The van der Waals surface area contributed by atoms with E-state index in [0.29, 0.717) is 11.4 Å². The van der Waals surface area contributed by atoms with Crippen LogP contribution in [0, 0.1) is 35.5 Å². The van der Waals surface area contributed by atoms with Gasteiger partial charge in [0.15, 0.2) is 0 Å². The summed E-state index contributed by atoms with van der Waals surface area (Å²) in [6.07, 6.45) is 0. The second-order valence-electron chi connectivity index (χ2n) is 9.05. The molecule has 5 aromatic rings. The highest BCUT2D eigenvalue weighted by molar-refractivity contribution is 7.91. The van der Waals surface area contributed by atoms with Gasteiger partial charge < -0.3 is 11.5 Å². The van der Waals surface area contributed by atoms with E-state index in [4.69, 9.17) is 11.5 Å². The molecule has 196 valence electrons. The highest BCUT2D eigenvalue weighted by Gasteiger charge is 2.27. The van der Waals surface area contributed by atoms with E-state index in [-0.39, 0.29) is 26.5 Å². The Kier molecular flexibility index (Phi) is 7.89. The first-order chi connectivity index (χ1) is 19.9. The molecule has 0 aliphatic carbocycles. The van der Waals surface area contributed by atoms with Crippen molar-refractivity contribution in [3.05, 3.63) is 155 Å². The predicted octanol–water partition coefficient (Wildman–Crippen LogP) is 5.88. The molecule has 5 aromatic carbocycles. The Balaban J connectivity index is 1.74. The van der Waals surface area contributed by atoms with Crippen LogP contribution in [0.15, 0.2) is 131 Å². The monoisotopic (exact) mass is 548 g/mol. The first-order valence-corrected chi connectivity index (χ1v) is 14.2. The highest BCUT2D eigenvalue weighted by Crippen LogP contribution is 2.32. The van der Waals surface area contributed by atoms with Crippen LogP contribution in [0.5, 0.6) is 0 Å². The fraction of sp³-hybridized carbons (Fsp3) is 0. The summed E-state index contributed by atoms with van der Waals surface area (Å²) in [6, 6.07) is 35.6. The Morgan fingerprint density at radius 2 is 0.829 bits per heavy atom. The molecule has 0 unspecified atom stereocenters. The first kappa shape index (κ1) is 26.9. The number of anilines is 2. The zero-order valence-electron chi connectivity index (χ0n) is 21.9. The van der Waals surface area contributed by atoms with E-state index in [1.807, 2.05) is 91.0 Å². The summed E-state index contributed by atoms with van der Waals surface area (Å²) >= 11 is 0. The maximum Gasteiger partial charge on any atom is 0.210 e. The van der Waals surface area contributed by atoms with Gasteiger partial charge in [-0.1, -0.05) is 90.1 Å². The second kappa shape index (κ2) is 12.0. The molecule has 0 amide bonds. The smallest absolute Gasteiger partial charge is 0.210 e. The lowest BCUT2D eigenvalue weighted by molar-refractivity contribution is 0.595. The number of hydrogen-bond acceptors (Lipinski definition) is 4. The van der Waals surface area contributed by atoms with Crippen LogP contribution in [-0.2, 0) is 9.84 Å². The standard InChI is InChI=1S/C36H24N2O2S/c37-33-22-23-35(30(24-33)19-16-27-10-4-1-5-11-27)41(39,40)36-31(20-17-28-12-6-2-7-13-28)25-34(38)26-32(36)21-18-29-14-8-3-9-15-29/h1-15,22-26H,37-38H2. The zero-order valence-corrected chi connectivity index (χ0v) is 22.7. The van der Waals surface area contributed by atoms with Gasteiger partial charge in [0.05, 0.1) is 4.90 Å². The first-order valence-electron chi connectivity index (χ1n) is 12.7. The molecule has 0 fully saturated rings. The number of hydrogen-bond donors (Lipinski definition) is 2. The summed E-state index contributed by atoms with van der Waals surface area (Å²) in [5, 5.41) is 0. The summed E-state index contributed by atoms with van der Waals surface area (Å²) in [4.78, 5) is -0.0310. The number of benzene rings is 5. The van der Waals surface area contributed by atoms with E-state index in [1.54, 1.807) is 24.3 Å². The molecule has 4 N–H and O–H groups in total. The van der Waals surface area contributed by atoms with E-state index in [1.165, 1.54) is 6.07 Å². The van der Waals surface area contributed by atoms with Gasteiger partial charge in [-0.3, -0.25) is 0 Å². The van der Waals surface area contributed by atoms with Crippen molar-refractivity contribution in [1.29, 1.82) is 0 Å². The maximum atomic E-state index is 14.5. The largest absolute Gasteiger partial charge is 0.399 e. The van der Waals surface area contributed by atoms with Crippen molar-refractivity contribution in [2.24, 2.45) is 0 Å². The topological polar surface area (TPSA) is 86.2 Å². The quantitative estimate of drug-likeness (QED) is 0.213. The van der Waals surface area contributed by atoms with Gasteiger partial charge >= 0.3 is 0 Å². The number of nitrogen functional groups attached to an aromatic ring is 2. The lowest BCUT2D eigenvalue weighted by atomic mass is 10.1.